The lowest BCUT2D eigenvalue weighted by atomic mass is 10.2. The highest BCUT2D eigenvalue weighted by molar-refractivity contribution is 6.05. The molecule has 0 aliphatic rings. The number of anilines is 1. The minimum atomic E-state index is -0.414. The van der Waals surface area contributed by atoms with Crippen molar-refractivity contribution < 1.29 is 14.3 Å². The predicted molar refractivity (Wildman–Crippen MR) is 73.7 cm³/mol. The van der Waals surface area contributed by atoms with E-state index in [-0.39, 0.29) is 5.91 Å². The van der Waals surface area contributed by atoms with E-state index in [1.165, 1.54) is 6.20 Å². The number of hydrogen-bond donors (Lipinski definition) is 2. The molecule has 0 bridgehead atoms. The molecule has 6 heteroatoms. The van der Waals surface area contributed by atoms with Gasteiger partial charge in [0.1, 0.15) is 0 Å². The van der Waals surface area contributed by atoms with E-state index in [1.54, 1.807) is 38.1 Å². The van der Waals surface area contributed by atoms with Crippen LogP contribution in [0.25, 0.3) is 0 Å². The monoisotopic (exact) mass is 273 g/mol. The lowest BCUT2D eigenvalue weighted by Gasteiger charge is -2.06. The summed E-state index contributed by atoms with van der Waals surface area (Å²) in [6, 6.07) is 6.60. The SMILES string of the molecule is CCOC(=O)c1cccc(NC(=O)c2cn[nH]c2C)c1. The van der Waals surface area contributed by atoms with Crippen LogP contribution < -0.4 is 5.32 Å². The van der Waals surface area contributed by atoms with E-state index in [9.17, 15) is 9.59 Å². The van der Waals surface area contributed by atoms with Crippen LogP contribution in [0.3, 0.4) is 0 Å². The maximum atomic E-state index is 12.0. The molecule has 0 aliphatic heterocycles. The van der Waals surface area contributed by atoms with Crippen LogP contribution in [0, 0.1) is 6.92 Å². The van der Waals surface area contributed by atoms with Crippen molar-refractivity contribution in [3.8, 4) is 0 Å². The van der Waals surface area contributed by atoms with Gasteiger partial charge in [-0.15, -0.1) is 0 Å². The Hall–Kier alpha value is -2.63. The standard InChI is InChI=1S/C14H15N3O3/c1-3-20-14(19)10-5-4-6-11(7-10)16-13(18)12-8-15-17-9(12)2/h4-8H,3H2,1-2H3,(H,15,17)(H,16,18). The number of aromatic amines is 1. The van der Waals surface area contributed by atoms with Gasteiger partial charge in [-0.2, -0.15) is 5.10 Å². The second-order valence-corrected chi connectivity index (χ2v) is 4.16. The molecule has 6 nitrogen and oxygen atoms in total. The first-order valence-corrected chi connectivity index (χ1v) is 6.20. The maximum absolute atomic E-state index is 12.0. The number of H-pyrrole nitrogens is 1. The molecule has 0 saturated heterocycles. The van der Waals surface area contributed by atoms with Crippen LogP contribution in [0.2, 0.25) is 0 Å². The van der Waals surface area contributed by atoms with Crippen LogP contribution in [0.15, 0.2) is 30.5 Å². The molecule has 2 N–H and O–H groups in total. The molecule has 0 unspecified atom stereocenters. The molecule has 0 radical (unpaired) electrons. The summed E-state index contributed by atoms with van der Waals surface area (Å²) < 4.78 is 4.91. The Morgan fingerprint density at radius 1 is 1.40 bits per heavy atom. The van der Waals surface area contributed by atoms with Gasteiger partial charge in [-0.25, -0.2) is 4.79 Å². The molecule has 0 saturated carbocycles. The number of carbonyl (C=O) groups excluding carboxylic acids is 2. The molecule has 1 aromatic heterocycles. The van der Waals surface area contributed by atoms with Gasteiger partial charge in [0.15, 0.2) is 0 Å². The predicted octanol–water partition coefficient (Wildman–Crippen LogP) is 2.15. The van der Waals surface area contributed by atoms with Gasteiger partial charge in [0.05, 0.1) is 23.9 Å². The summed E-state index contributed by atoms with van der Waals surface area (Å²) in [6.07, 6.45) is 1.46. The average Bonchev–Trinajstić information content (AvgIpc) is 2.85. The van der Waals surface area contributed by atoms with E-state index in [2.05, 4.69) is 15.5 Å². The van der Waals surface area contributed by atoms with Crippen LogP contribution in [-0.2, 0) is 4.74 Å². The summed E-state index contributed by atoms with van der Waals surface area (Å²) in [5.74, 6) is -0.694. The summed E-state index contributed by atoms with van der Waals surface area (Å²) in [5, 5.41) is 9.21. The van der Waals surface area contributed by atoms with E-state index < -0.39 is 5.97 Å². The second kappa shape index (κ2) is 6.01. The molecule has 2 aromatic rings. The number of ether oxygens (including phenoxy) is 1. The van der Waals surface area contributed by atoms with E-state index in [0.717, 1.165) is 0 Å². The average molecular weight is 273 g/mol. The lowest BCUT2D eigenvalue weighted by Crippen LogP contribution is -2.13. The summed E-state index contributed by atoms with van der Waals surface area (Å²) >= 11 is 0. The van der Waals surface area contributed by atoms with Gasteiger partial charge < -0.3 is 10.1 Å². The zero-order valence-corrected chi connectivity index (χ0v) is 11.3. The molecular weight excluding hydrogens is 258 g/mol. The van der Waals surface area contributed by atoms with E-state index in [4.69, 9.17) is 4.74 Å². The van der Waals surface area contributed by atoms with E-state index in [1.807, 2.05) is 0 Å². The zero-order valence-electron chi connectivity index (χ0n) is 11.3. The Morgan fingerprint density at radius 3 is 2.85 bits per heavy atom. The highest BCUT2D eigenvalue weighted by Gasteiger charge is 2.12. The number of hydrogen-bond acceptors (Lipinski definition) is 4. The number of amides is 1. The molecule has 0 fully saturated rings. The molecule has 104 valence electrons. The van der Waals surface area contributed by atoms with Crippen molar-refractivity contribution >= 4 is 17.6 Å². The van der Waals surface area contributed by atoms with E-state index >= 15 is 0 Å². The third kappa shape index (κ3) is 3.03. The summed E-state index contributed by atoms with van der Waals surface area (Å²) in [4.78, 5) is 23.6. The minimum absolute atomic E-state index is 0.280. The Balaban J connectivity index is 2.14. The highest BCUT2D eigenvalue weighted by atomic mass is 16.5. The van der Waals surface area contributed by atoms with Gasteiger partial charge in [0, 0.05) is 11.4 Å². The van der Waals surface area contributed by atoms with Gasteiger partial charge in [-0.05, 0) is 32.0 Å². The molecule has 0 spiro atoms. The largest absolute Gasteiger partial charge is 0.462 e. The van der Waals surface area contributed by atoms with Crippen molar-refractivity contribution in [3.63, 3.8) is 0 Å². The van der Waals surface area contributed by atoms with Crippen molar-refractivity contribution in [1.82, 2.24) is 10.2 Å². The number of aryl methyl sites for hydroxylation is 1. The first-order chi connectivity index (χ1) is 9.61. The number of aromatic nitrogens is 2. The zero-order chi connectivity index (χ0) is 14.5. The Morgan fingerprint density at radius 2 is 2.20 bits per heavy atom. The fraction of sp³-hybridized carbons (Fsp3) is 0.214. The van der Waals surface area contributed by atoms with Crippen LogP contribution in [0.4, 0.5) is 5.69 Å². The number of carbonyl (C=O) groups is 2. The molecule has 2 rings (SSSR count). The number of nitrogens with zero attached hydrogens (tertiary/aromatic N) is 1. The third-order valence-electron chi connectivity index (χ3n) is 2.71. The number of rotatable bonds is 4. The van der Waals surface area contributed by atoms with Gasteiger partial charge in [0.2, 0.25) is 0 Å². The maximum Gasteiger partial charge on any atom is 0.338 e. The number of nitrogens with one attached hydrogen (secondary N) is 2. The first kappa shape index (κ1) is 13.8. The quantitative estimate of drug-likeness (QED) is 0.836. The molecule has 0 atom stereocenters. The fourth-order valence-electron chi connectivity index (χ4n) is 1.72. The van der Waals surface area contributed by atoms with Crippen molar-refractivity contribution in [1.29, 1.82) is 0 Å². The van der Waals surface area contributed by atoms with Crippen LogP contribution in [0.1, 0.15) is 33.3 Å². The van der Waals surface area contributed by atoms with Gasteiger partial charge in [0.25, 0.3) is 5.91 Å². The summed E-state index contributed by atoms with van der Waals surface area (Å²) in [7, 11) is 0. The lowest BCUT2D eigenvalue weighted by molar-refractivity contribution is 0.0526. The third-order valence-corrected chi connectivity index (χ3v) is 2.71. The number of esters is 1. The topological polar surface area (TPSA) is 84.1 Å². The number of benzene rings is 1. The second-order valence-electron chi connectivity index (χ2n) is 4.16. The van der Waals surface area contributed by atoms with E-state index in [0.29, 0.717) is 29.1 Å². The molecule has 1 aromatic carbocycles. The Kier molecular flexibility index (Phi) is 4.14. The Bertz CT molecular complexity index is 634. The van der Waals surface area contributed by atoms with Crippen molar-refractivity contribution in [2.45, 2.75) is 13.8 Å². The first-order valence-electron chi connectivity index (χ1n) is 6.20. The van der Waals surface area contributed by atoms with Crippen LogP contribution >= 0.6 is 0 Å². The van der Waals surface area contributed by atoms with Crippen LogP contribution in [0.5, 0.6) is 0 Å². The molecular formula is C14H15N3O3. The van der Waals surface area contributed by atoms with Crippen molar-refractivity contribution in [2.24, 2.45) is 0 Å². The van der Waals surface area contributed by atoms with Crippen molar-refractivity contribution in [2.75, 3.05) is 11.9 Å². The molecule has 0 aliphatic carbocycles. The molecule has 1 heterocycles. The summed E-state index contributed by atoms with van der Waals surface area (Å²) in [6.45, 7) is 3.81. The van der Waals surface area contributed by atoms with Gasteiger partial charge in [-0.1, -0.05) is 6.07 Å². The highest BCUT2D eigenvalue weighted by Crippen LogP contribution is 2.14. The Labute approximate surface area is 116 Å². The normalized spacial score (nSPS) is 10.1. The smallest absolute Gasteiger partial charge is 0.338 e. The summed E-state index contributed by atoms with van der Waals surface area (Å²) in [5.41, 5.74) is 2.07. The minimum Gasteiger partial charge on any atom is -0.462 e. The van der Waals surface area contributed by atoms with Crippen LogP contribution in [-0.4, -0.2) is 28.7 Å². The van der Waals surface area contributed by atoms with Crippen molar-refractivity contribution in [3.05, 3.63) is 47.3 Å². The molecule has 20 heavy (non-hydrogen) atoms. The molecule has 1 amide bonds. The fourth-order valence-corrected chi connectivity index (χ4v) is 1.72. The van der Waals surface area contributed by atoms with Gasteiger partial charge >= 0.3 is 5.97 Å². The van der Waals surface area contributed by atoms with Gasteiger partial charge in [-0.3, -0.25) is 9.89 Å².